The standard InChI is InChI=1S/C15H28N2O3/c1-4-8-16(5-2)15(20)17-9-6-7-13(11-17)12(3)10-14(18)19/h12-13H,4-11H2,1-3H3,(H,18,19). The lowest BCUT2D eigenvalue weighted by atomic mass is 9.85. The maximum Gasteiger partial charge on any atom is 0.319 e. The van der Waals surface area contributed by atoms with E-state index < -0.39 is 5.97 Å². The summed E-state index contributed by atoms with van der Waals surface area (Å²) < 4.78 is 0. The highest BCUT2D eigenvalue weighted by Gasteiger charge is 2.29. The summed E-state index contributed by atoms with van der Waals surface area (Å²) in [4.78, 5) is 27.1. The number of carbonyl (C=O) groups is 2. The number of carboxylic acid groups (broad SMARTS) is 1. The second-order valence-corrected chi connectivity index (χ2v) is 5.79. The molecule has 5 heteroatoms. The molecule has 0 spiro atoms. The van der Waals surface area contributed by atoms with Crippen molar-refractivity contribution in [3.05, 3.63) is 0 Å². The molecule has 1 N–H and O–H groups in total. The molecule has 2 unspecified atom stereocenters. The summed E-state index contributed by atoms with van der Waals surface area (Å²) in [6.45, 7) is 9.09. The van der Waals surface area contributed by atoms with Gasteiger partial charge in [0, 0.05) is 32.6 Å². The van der Waals surface area contributed by atoms with E-state index in [-0.39, 0.29) is 18.4 Å². The zero-order valence-electron chi connectivity index (χ0n) is 13.0. The molecular weight excluding hydrogens is 256 g/mol. The summed E-state index contributed by atoms with van der Waals surface area (Å²) in [6, 6.07) is 0.113. The molecule has 1 heterocycles. The molecule has 116 valence electrons. The normalized spacial score (nSPS) is 20.6. The molecule has 0 aromatic carbocycles. The summed E-state index contributed by atoms with van der Waals surface area (Å²) in [5, 5.41) is 8.90. The van der Waals surface area contributed by atoms with Crippen molar-refractivity contribution in [1.29, 1.82) is 0 Å². The van der Waals surface area contributed by atoms with E-state index in [0.717, 1.165) is 38.9 Å². The molecule has 2 amide bonds. The Labute approximate surface area is 121 Å². The molecule has 1 rings (SSSR count). The molecule has 1 fully saturated rings. The fourth-order valence-electron chi connectivity index (χ4n) is 2.95. The van der Waals surface area contributed by atoms with E-state index in [2.05, 4.69) is 6.92 Å². The summed E-state index contributed by atoms with van der Waals surface area (Å²) in [5.41, 5.74) is 0. The van der Waals surface area contributed by atoms with Crippen molar-refractivity contribution in [2.75, 3.05) is 26.2 Å². The van der Waals surface area contributed by atoms with Gasteiger partial charge in [-0.3, -0.25) is 4.79 Å². The Hall–Kier alpha value is -1.26. The second kappa shape index (κ2) is 8.12. The Balaban J connectivity index is 2.59. The minimum atomic E-state index is -0.748. The van der Waals surface area contributed by atoms with Crippen LogP contribution in [0.5, 0.6) is 0 Å². The second-order valence-electron chi connectivity index (χ2n) is 5.79. The average molecular weight is 284 g/mol. The molecule has 20 heavy (non-hydrogen) atoms. The highest BCUT2D eigenvalue weighted by Crippen LogP contribution is 2.26. The predicted octanol–water partition coefficient (Wildman–Crippen LogP) is 2.66. The molecule has 0 aromatic heterocycles. The molecule has 5 nitrogen and oxygen atoms in total. The first-order valence-corrected chi connectivity index (χ1v) is 7.75. The highest BCUT2D eigenvalue weighted by atomic mass is 16.4. The van der Waals surface area contributed by atoms with Gasteiger partial charge in [-0.25, -0.2) is 4.79 Å². The number of nitrogens with zero attached hydrogens (tertiary/aromatic N) is 2. The van der Waals surface area contributed by atoms with Gasteiger partial charge in [0.05, 0.1) is 0 Å². The van der Waals surface area contributed by atoms with Crippen LogP contribution in [0.4, 0.5) is 4.79 Å². The van der Waals surface area contributed by atoms with Crippen LogP contribution < -0.4 is 0 Å². The molecule has 1 aliphatic rings. The molecule has 2 atom stereocenters. The van der Waals surface area contributed by atoms with E-state index in [1.54, 1.807) is 0 Å². The number of carboxylic acids is 1. The third-order valence-electron chi connectivity index (χ3n) is 4.18. The van der Waals surface area contributed by atoms with E-state index in [1.165, 1.54) is 0 Å². The van der Waals surface area contributed by atoms with Crippen molar-refractivity contribution in [1.82, 2.24) is 9.80 Å². The van der Waals surface area contributed by atoms with Gasteiger partial charge in [0.1, 0.15) is 0 Å². The number of likely N-dealkylation sites (tertiary alicyclic amines) is 1. The molecule has 1 aliphatic heterocycles. The van der Waals surface area contributed by atoms with E-state index in [0.29, 0.717) is 12.5 Å². The van der Waals surface area contributed by atoms with Crippen LogP contribution in [0.3, 0.4) is 0 Å². The number of hydrogen-bond donors (Lipinski definition) is 1. The summed E-state index contributed by atoms with van der Waals surface area (Å²) >= 11 is 0. The van der Waals surface area contributed by atoms with E-state index in [4.69, 9.17) is 5.11 Å². The highest BCUT2D eigenvalue weighted by molar-refractivity contribution is 5.74. The molecule has 0 aromatic rings. The van der Waals surface area contributed by atoms with Gasteiger partial charge in [0.2, 0.25) is 0 Å². The minimum Gasteiger partial charge on any atom is -0.481 e. The first-order valence-electron chi connectivity index (χ1n) is 7.75. The van der Waals surface area contributed by atoms with Crippen molar-refractivity contribution in [2.45, 2.75) is 46.5 Å². The number of carbonyl (C=O) groups excluding carboxylic acids is 1. The third-order valence-corrected chi connectivity index (χ3v) is 4.18. The van der Waals surface area contributed by atoms with Crippen molar-refractivity contribution in [2.24, 2.45) is 11.8 Å². The maximum absolute atomic E-state index is 12.4. The van der Waals surface area contributed by atoms with Gasteiger partial charge in [-0.2, -0.15) is 0 Å². The molecule has 0 bridgehead atoms. The smallest absolute Gasteiger partial charge is 0.319 e. The predicted molar refractivity (Wildman–Crippen MR) is 78.6 cm³/mol. The third kappa shape index (κ3) is 4.69. The first-order chi connectivity index (χ1) is 9.49. The number of amides is 2. The number of rotatable bonds is 6. The molecule has 0 aliphatic carbocycles. The van der Waals surface area contributed by atoms with Gasteiger partial charge in [-0.05, 0) is 38.0 Å². The zero-order chi connectivity index (χ0) is 15.1. The van der Waals surface area contributed by atoms with E-state index in [1.807, 2.05) is 23.6 Å². The van der Waals surface area contributed by atoms with E-state index >= 15 is 0 Å². The van der Waals surface area contributed by atoms with E-state index in [9.17, 15) is 9.59 Å². The van der Waals surface area contributed by atoms with Crippen LogP contribution in [0.25, 0.3) is 0 Å². The fourth-order valence-corrected chi connectivity index (χ4v) is 2.95. The topological polar surface area (TPSA) is 60.9 Å². The Kier molecular flexibility index (Phi) is 6.82. The van der Waals surface area contributed by atoms with Crippen molar-refractivity contribution >= 4 is 12.0 Å². The lowest BCUT2D eigenvalue weighted by Crippen LogP contribution is -2.48. The monoisotopic (exact) mass is 284 g/mol. The Bertz CT molecular complexity index is 333. The maximum atomic E-state index is 12.4. The van der Waals surface area contributed by atoms with Crippen LogP contribution in [0.1, 0.15) is 46.5 Å². The number of urea groups is 1. The van der Waals surface area contributed by atoms with Gasteiger partial charge in [-0.1, -0.05) is 13.8 Å². The molecule has 0 saturated carbocycles. The van der Waals surface area contributed by atoms with Gasteiger partial charge in [0.15, 0.2) is 0 Å². The molecule has 1 saturated heterocycles. The lowest BCUT2D eigenvalue weighted by molar-refractivity contribution is -0.138. The van der Waals surface area contributed by atoms with Crippen molar-refractivity contribution in [3.8, 4) is 0 Å². The molecular formula is C15H28N2O3. The number of hydrogen-bond acceptors (Lipinski definition) is 2. The van der Waals surface area contributed by atoms with Crippen LogP contribution in [0, 0.1) is 11.8 Å². The van der Waals surface area contributed by atoms with Gasteiger partial charge in [-0.15, -0.1) is 0 Å². The Morgan fingerprint density at radius 3 is 2.65 bits per heavy atom. The zero-order valence-corrected chi connectivity index (χ0v) is 13.0. The number of piperidine rings is 1. The fraction of sp³-hybridized carbons (Fsp3) is 0.867. The summed E-state index contributed by atoms with van der Waals surface area (Å²) in [5.74, 6) is -0.310. The van der Waals surface area contributed by atoms with Crippen molar-refractivity contribution < 1.29 is 14.7 Å². The Morgan fingerprint density at radius 2 is 2.10 bits per heavy atom. The van der Waals surface area contributed by atoms with Crippen molar-refractivity contribution in [3.63, 3.8) is 0 Å². The summed E-state index contributed by atoms with van der Waals surface area (Å²) in [6.07, 6.45) is 3.16. The van der Waals surface area contributed by atoms with Crippen LogP contribution in [0.2, 0.25) is 0 Å². The van der Waals surface area contributed by atoms with Gasteiger partial charge >= 0.3 is 12.0 Å². The quantitative estimate of drug-likeness (QED) is 0.815. The number of aliphatic carboxylic acids is 1. The Morgan fingerprint density at radius 1 is 1.40 bits per heavy atom. The van der Waals surface area contributed by atoms with Gasteiger partial charge in [0.25, 0.3) is 0 Å². The largest absolute Gasteiger partial charge is 0.481 e. The average Bonchev–Trinajstić information content (AvgIpc) is 2.43. The van der Waals surface area contributed by atoms with Crippen LogP contribution in [-0.2, 0) is 4.79 Å². The summed E-state index contributed by atoms with van der Waals surface area (Å²) in [7, 11) is 0. The first kappa shape index (κ1) is 16.8. The molecule has 0 radical (unpaired) electrons. The van der Waals surface area contributed by atoms with Gasteiger partial charge < -0.3 is 14.9 Å². The lowest BCUT2D eigenvalue weighted by Gasteiger charge is -2.38. The van der Waals surface area contributed by atoms with Crippen LogP contribution >= 0.6 is 0 Å². The van der Waals surface area contributed by atoms with Crippen LogP contribution in [-0.4, -0.2) is 53.1 Å². The minimum absolute atomic E-state index is 0.113. The SMILES string of the molecule is CCCN(CC)C(=O)N1CCCC(C(C)CC(=O)O)C1. The van der Waals surface area contributed by atoms with Crippen LogP contribution in [0.15, 0.2) is 0 Å².